The summed E-state index contributed by atoms with van der Waals surface area (Å²) in [5.74, 6) is 1.14. The highest BCUT2D eigenvalue weighted by molar-refractivity contribution is 5.79. The molecule has 0 radical (unpaired) electrons. The Labute approximate surface area is 74.1 Å². The lowest BCUT2D eigenvalue weighted by Crippen LogP contribution is -2.53. The van der Waals surface area contributed by atoms with E-state index in [4.69, 9.17) is 0 Å². The summed E-state index contributed by atoms with van der Waals surface area (Å²) in [7, 11) is 1.70. The lowest BCUT2D eigenvalue weighted by Gasteiger charge is -2.38. The van der Waals surface area contributed by atoms with Crippen LogP contribution in [0.5, 0.6) is 0 Å². The first-order chi connectivity index (χ1) is 5.63. The highest BCUT2D eigenvalue weighted by Gasteiger charge is 2.31. The van der Waals surface area contributed by atoms with Gasteiger partial charge in [-0.1, -0.05) is 13.8 Å². The van der Waals surface area contributed by atoms with Crippen LogP contribution in [0.25, 0.3) is 0 Å². The largest absolute Gasteiger partial charge is 0.359 e. The number of rotatable bonds is 3. The predicted molar refractivity (Wildman–Crippen MR) is 48.8 cm³/mol. The van der Waals surface area contributed by atoms with Gasteiger partial charge in [0.2, 0.25) is 5.91 Å². The number of hydrogen-bond acceptors (Lipinski definition) is 2. The van der Waals surface area contributed by atoms with Crippen LogP contribution in [0.3, 0.4) is 0 Å². The third-order valence-corrected chi connectivity index (χ3v) is 2.20. The Hall–Kier alpha value is -0.570. The molecule has 0 aliphatic carbocycles. The SMILES string of the molecule is CNC(=O)C1CN(CC(C)C)C1. The molecule has 0 unspecified atom stereocenters. The van der Waals surface area contributed by atoms with Crippen molar-refractivity contribution >= 4 is 5.91 Å². The number of amides is 1. The van der Waals surface area contributed by atoms with Gasteiger partial charge >= 0.3 is 0 Å². The van der Waals surface area contributed by atoms with Crippen molar-refractivity contribution in [3.05, 3.63) is 0 Å². The van der Waals surface area contributed by atoms with Crippen LogP contribution in [0.4, 0.5) is 0 Å². The Bertz CT molecular complexity index is 162. The van der Waals surface area contributed by atoms with Crippen LogP contribution in [0, 0.1) is 11.8 Å². The first-order valence-electron chi connectivity index (χ1n) is 4.57. The summed E-state index contributed by atoms with van der Waals surface area (Å²) < 4.78 is 0. The molecule has 0 atom stereocenters. The van der Waals surface area contributed by atoms with Crippen molar-refractivity contribution in [3.8, 4) is 0 Å². The first-order valence-corrected chi connectivity index (χ1v) is 4.57. The van der Waals surface area contributed by atoms with Gasteiger partial charge < -0.3 is 10.2 Å². The van der Waals surface area contributed by atoms with Gasteiger partial charge in [0.1, 0.15) is 0 Å². The molecule has 1 aliphatic rings. The van der Waals surface area contributed by atoms with E-state index in [1.165, 1.54) is 0 Å². The second-order valence-corrected chi connectivity index (χ2v) is 3.92. The molecule has 1 saturated heterocycles. The molecule has 3 heteroatoms. The third-order valence-electron chi connectivity index (χ3n) is 2.20. The molecule has 70 valence electrons. The van der Waals surface area contributed by atoms with Crippen molar-refractivity contribution in [2.24, 2.45) is 11.8 Å². The van der Waals surface area contributed by atoms with Crippen LogP contribution in [0.2, 0.25) is 0 Å². The zero-order valence-electron chi connectivity index (χ0n) is 8.13. The second kappa shape index (κ2) is 3.90. The van der Waals surface area contributed by atoms with E-state index in [0.717, 1.165) is 19.6 Å². The lowest BCUT2D eigenvalue weighted by molar-refractivity contribution is -0.129. The summed E-state index contributed by atoms with van der Waals surface area (Å²) in [6, 6.07) is 0. The van der Waals surface area contributed by atoms with E-state index in [1.54, 1.807) is 7.05 Å². The van der Waals surface area contributed by atoms with Gasteiger partial charge in [0.15, 0.2) is 0 Å². The molecule has 3 nitrogen and oxygen atoms in total. The molecule has 0 aromatic heterocycles. The lowest BCUT2D eigenvalue weighted by atomic mass is 9.98. The van der Waals surface area contributed by atoms with E-state index in [2.05, 4.69) is 24.1 Å². The van der Waals surface area contributed by atoms with Gasteiger partial charge in [-0.05, 0) is 5.92 Å². The average Bonchev–Trinajstić information content (AvgIpc) is 1.94. The van der Waals surface area contributed by atoms with E-state index < -0.39 is 0 Å². The highest BCUT2D eigenvalue weighted by Crippen LogP contribution is 2.16. The Morgan fingerprint density at radius 3 is 2.58 bits per heavy atom. The van der Waals surface area contributed by atoms with Gasteiger partial charge in [0.25, 0.3) is 0 Å². The van der Waals surface area contributed by atoms with Gasteiger partial charge in [-0.3, -0.25) is 4.79 Å². The first kappa shape index (κ1) is 9.52. The molecule has 1 rings (SSSR count). The maximum absolute atomic E-state index is 11.1. The number of nitrogens with zero attached hydrogens (tertiary/aromatic N) is 1. The molecular formula is C9H18N2O. The minimum absolute atomic E-state index is 0.190. The fourth-order valence-electron chi connectivity index (χ4n) is 1.61. The van der Waals surface area contributed by atoms with Gasteiger partial charge in [0.05, 0.1) is 5.92 Å². The van der Waals surface area contributed by atoms with Crippen molar-refractivity contribution in [3.63, 3.8) is 0 Å². The molecule has 0 aromatic rings. The summed E-state index contributed by atoms with van der Waals surface area (Å²) in [6.45, 7) is 7.41. The van der Waals surface area contributed by atoms with Crippen LogP contribution < -0.4 is 5.32 Å². The van der Waals surface area contributed by atoms with Crippen molar-refractivity contribution in [1.29, 1.82) is 0 Å². The van der Waals surface area contributed by atoms with Crippen molar-refractivity contribution in [2.45, 2.75) is 13.8 Å². The fraction of sp³-hybridized carbons (Fsp3) is 0.889. The summed E-state index contributed by atoms with van der Waals surface area (Å²) in [5, 5.41) is 2.68. The van der Waals surface area contributed by atoms with E-state index in [1.807, 2.05) is 0 Å². The van der Waals surface area contributed by atoms with Gasteiger partial charge in [0, 0.05) is 26.7 Å². The highest BCUT2D eigenvalue weighted by atomic mass is 16.1. The minimum atomic E-state index is 0.190. The van der Waals surface area contributed by atoms with Gasteiger partial charge in [-0.25, -0.2) is 0 Å². The smallest absolute Gasteiger partial charge is 0.225 e. The molecule has 1 heterocycles. The monoisotopic (exact) mass is 170 g/mol. The van der Waals surface area contributed by atoms with E-state index in [9.17, 15) is 4.79 Å². The predicted octanol–water partition coefficient (Wildman–Crippen LogP) is 0.320. The van der Waals surface area contributed by atoms with Crippen LogP contribution in [-0.4, -0.2) is 37.5 Å². The number of likely N-dealkylation sites (tertiary alicyclic amines) is 1. The Morgan fingerprint density at radius 2 is 2.17 bits per heavy atom. The van der Waals surface area contributed by atoms with Crippen LogP contribution in [-0.2, 0) is 4.79 Å². The molecule has 0 spiro atoms. The molecule has 1 aliphatic heterocycles. The maximum Gasteiger partial charge on any atom is 0.225 e. The standard InChI is InChI=1S/C9H18N2O/c1-7(2)4-11-5-8(6-11)9(12)10-3/h7-8H,4-6H2,1-3H3,(H,10,12). The third kappa shape index (κ3) is 2.21. The normalized spacial score (nSPS) is 19.3. The Morgan fingerprint density at radius 1 is 1.58 bits per heavy atom. The van der Waals surface area contributed by atoms with Crippen LogP contribution >= 0.6 is 0 Å². The van der Waals surface area contributed by atoms with Crippen LogP contribution in [0.1, 0.15) is 13.8 Å². The minimum Gasteiger partial charge on any atom is -0.359 e. The second-order valence-electron chi connectivity index (χ2n) is 3.92. The number of carbonyl (C=O) groups is 1. The molecule has 0 aromatic carbocycles. The zero-order chi connectivity index (χ0) is 9.14. The molecule has 1 amide bonds. The topological polar surface area (TPSA) is 32.3 Å². The Balaban J connectivity index is 2.15. The molecule has 12 heavy (non-hydrogen) atoms. The van der Waals surface area contributed by atoms with Crippen molar-refractivity contribution in [2.75, 3.05) is 26.7 Å². The average molecular weight is 170 g/mol. The maximum atomic E-state index is 11.1. The van der Waals surface area contributed by atoms with Crippen LogP contribution in [0.15, 0.2) is 0 Å². The molecule has 0 bridgehead atoms. The van der Waals surface area contributed by atoms with E-state index in [-0.39, 0.29) is 11.8 Å². The van der Waals surface area contributed by atoms with E-state index in [0.29, 0.717) is 5.92 Å². The number of nitrogens with one attached hydrogen (secondary N) is 1. The van der Waals surface area contributed by atoms with Gasteiger partial charge in [-0.2, -0.15) is 0 Å². The zero-order valence-corrected chi connectivity index (χ0v) is 8.13. The van der Waals surface area contributed by atoms with Gasteiger partial charge in [-0.15, -0.1) is 0 Å². The Kier molecular flexibility index (Phi) is 3.09. The summed E-state index contributed by atoms with van der Waals surface area (Å²) in [6.07, 6.45) is 0. The number of carbonyl (C=O) groups excluding carboxylic acids is 1. The fourth-order valence-corrected chi connectivity index (χ4v) is 1.61. The summed E-state index contributed by atoms with van der Waals surface area (Å²) in [4.78, 5) is 13.4. The van der Waals surface area contributed by atoms with E-state index >= 15 is 0 Å². The summed E-state index contributed by atoms with van der Waals surface area (Å²) in [5.41, 5.74) is 0. The molecular weight excluding hydrogens is 152 g/mol. The van der Waals surface area contributed by atoms with Crippen molar-refractivity contribution < 1.29 is 4.79 Å². The molecule has 1 fully saturated rings. The number of hydrogen-bond donors (Lipinski definition) is 1. The molecule has 0 saturated carbocycles. The molecule has 1 N–H and O–H groups in total. The van der Waals surface area contributed by atoms with Crippen molar-refractivity contribution in [1.82, 2.24) is 10.2 Å². The quantitative estimate of drug-likeness (QED) is 0.661. The summed E-state index contributed by atoms with van der Waals surface area (Å²) >= 11 is 0.